The number of sulfonamides is 1. The lowest BCUT2D eigenvalue weighted by molar-refractivity contribution is 0.0461. The lowest BCUT2D eigenvalue weighted by Gasteiger charge is -2.42. The monoisotopic (exact) mass is 611 g/mol. The first kappa shape index (κ1) is 30.4. The van der Waals surface area contributed by atoms with Crippen LogP contribution in [0.3, 0.4) is 0 Å². The van der Waals surface area contributed by atoms with Crippen LogP contribution >= 0.6 is 11.6 Å². The molecule has 10 heteroatoms. The Morgan fingerprint density at radius 3 is 2.76 bits per heavy atom. The average Bonchev–Trinajstić information content (AvgIpc) is 2.97. The summed E-state index contributed by atoms with van der Waals surface area (Å²) in [6, 6.07) is 12.9. The van der Waals surface area contributed by atoms with Gasteiger partial charge in [0.1, 0.15) is 12.4 Å². The van der Waals surface area contributed by atoms with Crippen LogP contribution < -0.4 is 14.4 Å². The predicted octanol–water partition coefficient (Wildman–Crippen LogP) is 5.53. The maximum absolute atomic E-state index is 13.4. The van der Waals surface area contributed by atoms with E-state index in [9.17, 15) is 18.3 Å². The Labute approximate surface area is 253 Å². The largest absolute Gasteiger partial charge is 0.487 e. The Hall–Kier alpha value is -3.06. The van der Waals surface area contributed by atoms with Gasteiger partial charge in [-0.15, -0.1) is 0 Å². The van der Waals surface area contributed by atoms with E-state index in [2.05, 4.69) is 9.62 Å². The highest BCUT2D eigenvalue weighted by molar-refractivity contribution is 7.90. The first-order valence-electron chi connectivity index (χ1n) is 14.8. The van der Waals surface area contributed by atoms with Gasteiger partial charge in [-0.1, -0.05) is 29.8 Å². The van der Waals surface area contributed by atoms with Crippen molar-refractivity contribution in [2.45, 2.75) is 75.7 Å². The van der Waals surface area contributed by atoms with Gasteiger partial charge in [-0.2, -0.15) is 5.26 Å². The van der Waals surface area contributed by atoms with Gasteiger partial charge in [0.05, 0.1) is 23.1 Å². The number of anilines is 1. The number of hydrogen-bond acceptors (Lipinski definition) is 7. The van der Waals surface area contributed by atoms with E-state index in [1.54, 1.807) is 24.3 Å². The summed E-state index contributed by atoms with van der Waals surface area (Å²) >= 11 is 6.29. The summed E-state index contributed by atoms with van der Waals surface area (Å²) in [7, 11) is -4.05. The number of benzene rings is 2. The average molecular weight is 612 g/mol. The Morgan fingerprint density at radius 2 is 1.98 bits per heavy atom. The third-order valence-electron chi connectivity index (χ3n) is 8.85. The predicted molar refractivity (Wildman–Crippen MR) is 163 cm³/mol. The van der Waals surface area contributed by atoms with Gasteiger partial charge in [0.25, 0.3) is 5.91 Å². The summed E-state index contributed by atoms with van der Waals surface area (Å²) in [5.74, 6) is 0.288. The van der Waals surface area contributed by atoms with E-state index in [1.165, 1.54) is 0 Å². The molecule has 4 atom stereocenters. The third kappa shape index (κ3) is 7.11. The van der Waals surface area contributed by atoms with Crippen molar-refractivity contribution >= 4 is 33.2 Å². The zero-order valence-electron chi connectivity index (χ0n) is 23.7. The van der Waals surface area contributed by atoms with Crippen molar-refractivity contribution in [3.05, 3.63) is 70.3 Å². The normalized spacial score (nSPS) is 27.0. The van der Waals surface area contributed by atoms with E-state index in [-0.39, 0.29) is 36.7 Å². The molecule has 0 spiro atoms. The quantitative estimate of drug-likeness (QED) is 0.428. The van der Waals surface area contributed by atoms with E-state index < -0.39 is 27.3 Å². The number of nitrogens with one attached hydrogen (secondary N) is 1. The van der Waals surface area contributed by atoms with Crippen molar-refractivity contribution in [1.82, 2.24) is 4.72 Å². The third-order valence-corrected chi connectivity index (χ3v) is 10.9. The van der Waals surface area contributed by atoms with Crippen molar-refractivity contribution in [2.24, 2.45) is 11.8 Å². The summed E-state index contributed by atoms with van der Waals surface area (Å²) in [6.07, 6.45) is 8.50. The topological polar surface area (TPSA) is 120 Å². The Balaban J connectivity index is 1.52. The first-order valence-corrected chi connectivity index (χ1v) is 16.7. The molecule has 1 amide bonds. The number of allylic oxidation sites excluding steroid dienone is 1. The van der Waals surface area contributed by atoms with Crippen LogP contribution in [-0.4, -0.2) is 43.9 Å². The minimum absolute atomic E-state index is 0.0658. The molecule has 2 heterocycles. The van der Waals surface area contributed by atoms with E-state index in [0.29, 0.717) is 30.3 Å². The van der Waals surface area contributed by atoms with Crippen molar-refractivity contribution < 1.29 is 23.1 Å². The van der Waals surface area contributed by atoms with Gasteiger partial charge in [-0.25, -0.2) is 13.1 Å². The summed E-state index contributed by atoms with van der Waals surface area (Å²) in [5, 5.41) is 19.9. The Bertz CT molecular complexity index is 1470. The fourth-order valence-corrected chi connectivity index (χ4v) is 7.86. The maximum Gasteiger partial charge on any atom is 0.264 e. The minimum atomic E-state index is -4.05. The van der Waals surface area contributed by atoms with Crippen LogP contribution in [-0.2, 0) is 23.1 Å². The Kier molecular flexibility index (Phi) is 9.77. The number of nitrogens with zero attached hydrogens (tertiary/aromatic N) is 2. The molecule has 2 N–H and O–H groups in total. The number of fused-ring (bicyclic) bond motifs is 3. The number of ether oxygens (including phenoxy) is 1. The van der Waals surface area contributed by atoms with Crippen molar-refractivity contribution in [3.8, 4) is 11.8 Å². The number of aliphatic hydroxyl groups is 1. The van der Waals surface area contributed by atoms with Gasteiger partial charge in [-0.05, 0) is 105 Å². The molecular weight excluding hydrogens is 574 g/mol. The number of carbonyl (C=O) groups is 1. The maximum atomic E-state index is 13.4. The molecule has 0 saturated heterocycles. The minimum Gasteiger partial charge on any atom is -0.487 e. The second kappa shape index (κ2) is 13.5. The SMILES string of the molecule is N#CCC[C@H]1CC/C=C/[C@H](O)[C@@H]2CC[C@H]2CN2CCCCc3cc(Cl)ccc3COc3ccc(cc32)C(=O)NS1(=O)=O. The molecule has 3 aliphatic rings. The number of halogens is 1. The van der Waals surface area contributed by atoms with Gasteiger partial charge >= 0.3 is 0 Å². The first-order chi connectivity index (χ1) is 20.2. The number of amides is 1. The van der Waals surface area contributed by atoms with Crippen LogP contribution in [0.4, 0.5) is 5.69 Å². The van der Waals surface area contributed by atoms with Crippen LogP contribution in [0.5, 0.6) is 5.75 Å². The number of nitriles is 1. The number of hydrogen-bond donors (Lipinski definition) is 2. The fourth-order valence-electron chi connectivity index (χ4n) is 6.25. The van der Waals surface area contributed by atoms with E-state index in [4.69, 9.17) is 21.6 Å². The van der Waals surface area contributed by atoms with Crippen molar-refractivity contribution in [2.75, 3.05) is 18.0 Å². The number of aryl methyl sites for hydroxylation is 1. The molecule has 224 valence electrons. The fraction of sp³-hybridized carbons (Fsp3) is 0.500. The summed E-state index contributed by atoms with van der Waals surface area (Å²) in [5.41, 5.74) is 3.17. The molecule has 2 aliphatic heterocycles. The molecule has 5 rings (SSSR count). The highest BCUT2D eigenvalue weighted by Crippen LogP contribution is 2.41. The van der Waals surface area contributed by atoms with E-state index in [1.807, 2.05) is 30.3 Å². The van der Waals surface area contributed by atoms with Gasteiger partial charge in [0.2, 0.25) is 10.0 Å². The molecule has 8 nitrogen and oxygen atoms in total. The highest BCUT2D eigenvalue weighted by Gasteiger charge is 2.37. The standard InChI is InChI=1S/C32H38ClN3O5S/c33-26-13-10-25-21-41-31-15-12-23-19-29(31)36(17-4-3-6-22(25)18-26)20-24-11-14-28(24)30(37)9-2-1-7-27(8-5-16-34)42(39,40)35-32(23)38/h2,9-10,12-13,15,18-19,24,27-28,30,37H,1,3-8,11,14,17,20-21H2,(H,35,38)/b9-2+/t24-,27+,28+,30-/m0/s1. The number of aliphatic hydroxyl groups excluding tert-OH is 1. The highest BCUT2D eigenvalue weighted by atomic mass is 35.5. The molecule has 0 aromatic heterocycles. The van der Waals surface area contributed by atoms with Gasteiger partial charge in [-0.3, -0.25) is 4.79 Å². The van der Waals surface area contributed by atoms with E-state index >= 15 is 0 Å². The molecule has 1 fully saturated rings. The second-order valence-electron chi connectivity index (χ2n) is 11.6. The van der Waals surface area contributed by atoms with Gasteiger partial charge in [0.15, 0.2) is 0 Å². The smallest absolute Gasteiger partial charge is 0.264 e. The van der Waals surface area contributed by atoms with Crippen molar-refractivity contribution in [3.63, 3.8) is 0 Å². The Morgan fingerprint density at radius 1 is 1.12 bits per heavy atom. The summed E-state index contributed by atoms with van der Waals surface area (Å²) in [6.45, 7) is 1.76. The zero-order chi connectivity index (χ0) is 29.7. The molecule has 2 aromatic carbocycles. The lowest BCUT2D eigenvalue weighted by atomic mass is 9.70. The molecule has 0 unspecified atom stereocenters. The van der Waals surface area contributed by atoms with Crippen LogP contribution in [0.1, 0.15) is 72.9 Å². The second-order valence-corrected chi connectivity index (χ2v) is 14.0. The van der Waals surface area contributed by atoms with Crippen LogP contribution in [0.25, 0.3) is 0 Å². The summed E-state index contributed by atoms with van der Waals surface area (Å²) < 4.78 is 35.2. The van der Waals surface area contributed by atoms with Crippen molar-refractivity contribution in [1.29, 1.82) is 5.26 Å². The molecule has 1 saturated carbocycles. The number of rotatable bonds is 2. The van der Waals surface area contributed by atoms with Crippen LogP contribution in [0, 0.1) is 23.2 Å². The molecular formula is C32H38ClN3O5S. The van der Waals surface area contributed by atoms with Gasteiger partial charge in [0, 0.05) is 30.1 Å². The molecule has 1 aliphatic carbocycles. The van der Waals surface area contributed by atoms with E-state index in [0.717, 1.165) is 55.5 Å². The van der Waals surface area contributed by atoms with Gasteiger partial charge < -0.3 is 14.7 Å². The molecule has 2 aromatic rings. The molecule has 2 bridgehead atoms. The van der Waals surface area contributed by atoms with Crippen LogP contribution in [0.15, 0.2) is 48.6 Å². The zero-order valence-corrected chi connectivity index (χ0v) is 25.2. The summed E-state index contributed by atoms with van der Waals surface area (Å²) in [4.78, 5) is 15.6. The lowest BCUT2D eigenvalue weighted by Crippen LogP contribution is -2.43. The molecule has 0 radical (unpaired) electrons. The molecule has 42 heavy (non-hydrogen) atoms. The van der Waals surface area contributed by atoms with Crippen LogP contribution in [0.2, 0.25) is 5.02 Å². The number of carbonyl (C=O) groups excluding carboxylic acids is 1.